The molecular weight excluding hydrogens is 250 g/mol. The van der Waals surface area contributed by atoms with E-state index in [-0.39, 0.29) is 5.78 Å². The van der Waals surface area contributed by atoms with Crippen molar-refractivity contribution in [2.24, 2.45) is 5.73 Å². The monoisotopic (exact) mass is 271 g/mol. The average Bonchev–Trinajstić information content (AvgIpc) is 2.79. The molecule has 0 aliphatic heterocycles. The van der Waals surface area contributed by atoms with Crippen LogP contribution in [0, 0.1) is 6.92 Å². The molecule has 20 heavy (non-hydrogen) atoms. The first kappa shape index (κ1) is 14.5. The number of hydrogen-bond acceptors (Lipinski definition) is 3. The first-order chi connectivity index (χ1) is 9.63. The number of rotatable bonds is 6. The molecule has 4 nitrogen and oxygen atoms in total. The van der Waals surface area contributed by atoms with E-state index in [9.17, 15) is 4.79 Å². The molecular formula is C16H21N3O. The van der Waals surface area contributed by atoms with E-state index in [1.807, 2.05) is 48.9 Å². The summed E-state index contributed by atoms with van der Waals surface area (Å²) in [5.41, 5.74) is 9.71. The van der Waals surface area contributed by atoms with Gasteiger partial charge in [0.1, 0.15) is 5.78 Å². The third-order valence-corrected chi connectivity index (χ3v) is 3.39. The Morgan fingerprint density at radius 3 is 2.60 bits per heavy atom. The van der Waals surface area contributed by atoms with Crippen molar-refractivity contribution in [1.82, 2.24) is 9.78 Å². The summed E-state index contributed by atoms with van der Waals surface area (Å²) < 4.78 is 1.89. The van der Waals surface area contributed by atoms with Crippen LogP contribution in [0.5, 0.6) is 0 Å². The first-order valence-corrected chi connectivity index (χ1v) is 6.96. The molecule has 2 N–H and O–H groups in total. The highest BCUT2D eigenvalue weighted by molar-refractivity contribution is 5.83. The minimum Gasteiger partial charge on any atom is -0.326 e. The number of ketones is 1. The number of benzene rings is 1. The molecule has 0 aliphatic carbocycles. The number of hydrogen-bond donors (Lipinski definition) is 1. The number of aryl methyl sites for hydroxylation is 2. The Kier molecular flexibility index (Phi) is 4.69. The van der Waals surface area contributed by atoms with Crippen molar-refractivity contribution in [1.29, 1.82) is 0 Å². The maximum absolute atomic E-state index is 12.2. The van der Waals surface area contributed by atoms with Crippen LogP contribution in [-0.4, -0.2) is 15.6 Å². The Hall–Kier alpha value is -1.94. The van der Waals surface area contributed by atoms with E-state index in [2.05, 4.69) is 5.10 Å². The molecule has 2 aromatic rings. The maximum Gasteiger partial charge on any atom is 0.143 e. The molecule has 0 spiro atoms. The standard InChI is InChI=1S/C16H21N3O/c1-3-19-15(8-12(2)18-19)10-16(20)9-13-6-4-5-7-14(13)11-17/h4-8H,3,9-11,17H2,1-2H3. The van der Waals surface area contributed by atoms with E-state index in [1.165, 1.54) is 0 Å². The molecule has 0 unspecified atom stereocenters. The summed E-state index contributed by atoms with van der Waals surface area (Å²) in [5, 5.41) is 4.37. The highest BCUT2D eigenvalue weighted by Gasteiger charge is 2.11. The van der Waals surface area contributed by atoms with E-state index in [4.69, 9.17) is 5.73 Å². The van der Waals surface area contributed by atoms with Gasteiger partial charge in [0.05, 0.1) is 5.69 Å². The molecule has 0 fully saturated rings. The fraction of sp³-hybridized carbons (Fsp3) is 0.375. The molecule has 2 rings (SSSR count). The van der Waals surface area contributed by atoms with Gasteiger partial charge in [-0.25, -0.2) is 0 Å². The second-order valence-electron chi connectivity index (χ2n) is 4.96. The predicted molar refractivity (Wildman–Crippen MR) is 79.4 cm³/mol. The van der Waals surface area contributed by atoms with E-state index >= 15 is 0 Å². The van der Waals surface area contributed by atoms with Crippen LogP contribution in [0.15, 0.2) is 30.3 Å². The Balaban J connectivity index is 2.09. The molecule has 0 saturated heterocycles. The molecule has 1 aromatic heterocycles. The average molecular weight is 271 g/mol. The van der Waals surface area contributed by atoms with Crippen molar-refractivity contribution >= 4 is 5.78 Å². The summed E-state index contributed by atoms with van der Waals surface area (Å²) in [6, 6.07) is 9.83. The molecule has 0 bridgehead atoms. The quantitative estimate of drug-likeness (QED) is 0.874. The van der Waals surface area contributed by atoms with E-state index < -0.39 is 0 Å². The van der Waals surface area contributed by atoms with Crippen LogP contribution in [0.1, 0.15) is 29.4 Å². The first-order valence-electron chi connectivity index (χ1n) is 6.96. The molecule has 0 saturated carbocycles. The lowest BCUT2D eigenvalue weighted by atomic mass is 10.0. The van der Waals surface area contributed by atoms with Gasteiger partial charge < -0.3 is 5.73 Å². The van der Waals surface area contributed by atoms with Gasteiger partial charge in [-0.1, -0.05) is 24.3 Å². The summed E-state index contributed by atoms with van der Waals surface area (Å²) in [5.74, 6) is 0.195. The smallest absolute Gasteiger partial charge is 0.143 e. The van der Waals surface area contributed by atoms with Gasteiger partial charge in [-0.15, -0.1) is 0 Å². The molecule has 4 heteroatoms. The van der Waals surface area contributed by atoms with Gasteiger partial charge in [-0.3, -0.25) is 9.48 Å². The van der Waals surface area contributed by atoms with Gasteiger partial charge in [0, 0.05) is 31.6 Å². The summed E-state index contributed by atoms with van der Waals surface area (Å²) in [6.45, 7) is 5.24. The van der Waals surface area contributed by atoms with Crippen molar-refractivity contribution in [3.8, 4) is 0 Å². The summed E-state index contributed by atoms with van der Waals surface area (Å²) in [6.07, 6.45) is 0.856. The molecule has 106 valence electrons. The summed E-state index contributed by atoms with van der Waals surface area (Å²) in [4.78, 5) is 12.2. The molecule has 1 heterocycles. The zero-order valence-electron chi connectivity index (χ0n) is 12.1. The summed E-state index contributed by atoms with van der Waals surface area (Å²) in [7, 11) is 0. The lowest BCUT2D eigenvalue weighted by molar-refractivity contribution is -0.117. The Labute approximate surface area is 119 Å². The largest absolute Gasteiger partial charge is 0.326 e. The zero-order chi connectivity index (χ0) is 14.5. The Bertz CT molecular complexity index is 602. The molecule has 0 radical (unpaired) electrons. The van der Waals surface area contributed by atoms with Gasteiger partial charge in [0.2, 0.25) is 0 Å². The van der Waals surface area contributed by atoms with E-state index in [0.29, 0.717) is 19.4 Å². The lowest BCUT2D eigenvalue weighted by Gasteiger charge is -2.07. The Morgan fingerprint density at radius 2 is 1.95 bits per heavy atom. The van der Waals surface area contributed by atoms with E-state index in [0.717, 1.165) is 29.1 Å². The van der Waals surface area contributed by atoms with Gasteiger partial charge in [0.25, 0.3) is 0 Å². The van der Waals surface area contributed by atoms with E-state index in [1.54, 1.807) is 0 Å². The molecule has 0 atom stereocenters. The fourth-order valence-electron chi connectivity index (χ4n) is 2.42. The summed E-state index contributed by atoms with van der Waals surface area (Å²) >= 11 is 0. The minimum atomic E-state index is 0.195. The highest BCUT2D eigenvalue weighted by Crippen LogP contribution is 2.12. The highest BCUT2D eigenvalue weighted by atomic mass is 16.1. The number of aromatic nitrogens is 2. The van der Waals surface area contributed by atoms with Crippen LogP contribution in [0.4, 0.5) is 0 Å². The fourth-order valence-corrected chi connectivity index (χ4v) is 2.42. The van der Waals surface area contributed by atoms with Crippen molar-refractivity contribution in [2.45, 2.75) is 39.8 Å². The number of nitrogens with two attached hydrogens (primary N) is 1. The number of carbonyl (C=O) groups is 1. The molecule has 0 aliphatic rings. The zero-order valence-corrected chi connectivity index (χ0v) is 12.1. The predicted octanol–water partition coefficient (Wildman–Crippen LogP) is 2.02. The van der Waals surface area contributed by atoms with Gasteiger partial charge in [0.15, 0.2) is 0 Å². The maximum atomic E-state index is 12.2. The van der Waals surface area contributed by atoms with Gasteiger partial charge in [-0.2, -0.15) is 5.10 Å². The van der Waals surface area contributed by atoms with Gasteiger partial charge in [-0.05, 0) is 31.0 Å². The van der Waals surface area contributed by atoms with Crippen molar-refractivity contribution in [3.05, 3.63) is 52.8 Å². The van der Waals surface area contributed by atoms with Gasteiger partial charge >= 0.3 is 0 Å². The van der Waals surface area contributed by atoms with Crippen LogP contribution < -0.4 is 5.73 Å². The number of nitrogens with zero attached hydrogens (tertiary/aromatic N) is 2. The van der Waals surface area contributed by atoms with Crippen molar-refractivity contribution < 1.29 is 4.79 Å². The van der Waals surface area contributed by atoms with Crippen molar-refractivity contribution in [3.63, 3.8) is 0 Å². The third-order valence-electron chi connectivity index (χ3n) is 3.39. The van der Waals surface area contributed by atoms with Crippen LogP contribution in [-0.2, 0) is 30.7 Å². The normalized spacial score (nSPS) is 10.8. The minimum absolute atomic E-state index is 0.195. The number of carbonyl (C=O) groups excluding carboxylic acids is 1. The van der Waals surface area contributed by atoms with Crippen LogP contribution in [0.3, 0.4) is 0 Å². The molecule has 1 aromatic carbocycles. The third kappa shape index (κ3) is 3.33. The second-order valence-corrected chi connectivity index (χ2v) is 4.96. The van der Waals surface area contributed by atoms with Crippen LogP contribution in [0.2, 0.25) is 0 Å². The number of Topliss-reactive ketones (excluding diaryl/α,β-unsaturated/α-hetero) is 1. The topological polar surface area (TPSA) is 60.9 Å². The Morgan fingerprint density at radius 1 is 1.25 bits per heavy atom. The van der Waals surface area contributed by atoms with Crippen LogP contribution in [0.25, 0.3) is 0 Å². The SMILES string of the molecule is CCn1nc(C)cc1CC(=O)Cc1ccccc1CN. The second kappa shape index (κ2) is 6.48. The lowest BCUT2D eigenvalue weighted by Crippen LogP contribution is -2.13. The van der Waals surface area contributed by atoms with Crippen molar-refractivity contribution in [2.75, 3.05) is 0 Å². The molecule has 0 amide bonds. The van der Waals surface area contributed by atoms with Crippen LogP contribution >= 0.6 is 0 Å².